The average Bonchev–Trinajstić information content (AvgIpc) is 2.69. The van der Waals surface area contributed by atoms with Crippen molar-refractivity contribution in [2.45, 2.75) is 33.6 Å². The Balaban J connectivity index is 1.77. The summed E-state index contributed by atoms with van der Waals surface area (Å²) in [5.74, 6) is -0.223. The lowest BCUT2D eigenvalue weighted by Gasteiger charge is -2.22. The molecule has 5 heteroatoms. The van der Waals surface area contributed by atoms with Crippen molar-refractivity contribution in [1.82, 2.24) is 4.98 Å². The van der Waals surface area contributed by atoms with E-state index in [0.717, 1.165) is 39.8 Å². The highest BCUT2D eigenvalue weighted by Crippen LogP contribution is 2.25. The van der Waals surface area contributed by atoms with Crippen LogP contribution in [0.4, 0.5) is 11.4 Å². The molecule has 0 saturated heterocycles. The van der Waals surface area contributed by atoms with E-state index in [1.165, 1.54) is 6.92 Å². The fourth-order valence-electron chi connectivity index (χ4n) is 3.37. The molecule has 0 saturated carbocycles. The van der Waals surface area contributed by atoms with Gasteiger partial charge in [0.25, 0.3) is 0 Å². The summed E-state index contributed by atoms with van der Waals surface area (Å²) in [4.78, 5) is 30.9. The highest BCUT2D eigenvalue weighted by atomic mass is 16.2. The lowest BCUT2D eigenvalue weighted by atomic mass is 10.1. The number of fused-ring (bicyclic) bond motifs is 1. The first-order valence-corrected chi connectivity index (χ1v) is 9.51. The van der Waals surface area contributed by atoms with E-state index in [1.807, 2.05) is 55.5 Å². The van der Waals surface area contributed by atoms with Gasteiger partial charge in [-0.25, -0.2) is 0 Å². The van der Waals surface area contributed by atoms with Crippen molar-refractivity contribution in [1.29, 1.82) is 0 Å². The summed E-state index contributed by atoms with van der Waals surface area (Å²) in [6.07, 6.45) is 2.76. The van der Waals surface area contributed by atoms with Crippen molar-refractivity contribution in [3.8, 4) is 0 Å². The van der Waals surface area contributed by atoms with Crippen LogP contribution >= 0.6 is 0 Å². The highest BCUT2D eigenvalue weighted by Gasteiger charge is 2.17. The summed E-state index contributed by atoms with van der Waals surface area (Å²) in [7, 11) is 0. The van der Waals surface area contributed by atoms with E-state index in [0.29, 0.717) is 6.54 Å². The third kappa shape index (κ3) is 4.19. The fraction of sp³-hybridized carbons (Fsp3) is 0.261. The number of carbonyl (C=O) groups is 2. The van der Waals surface area contributed by atoms with Gasteiger partial charge in [0, 0.05) is 37.2 Å². The molecule has 2 amide bonds. The Kier molecular flexibility index (Phi) is 6.04. The maximum absolute atomic E-state index is 12.6. The van der Waals surface area contributed by atoms with Crippen LogP contribution in [0.15, 0.2) is 54.7 Å². The quantitative estimate of drug-likeness (QED) is 0.691. The van der Waals surface area contributed by atoms with Crippen LogP contribution in [0.3, 0.4) is 0 Å². The number of hydrogen-bond acceptors (Lipinski definition) is 3. The zero-order chi connectivity index (χ0) is 20.1. The standard InChI is InChI=1S/C23H25N3O2/c1-4-18-9-5-8-16(2)22(18)25-21(28)13-15-26(17(3)27)20-12-6-10-19-11-7-14-24-23(19)20/h5-12,14H,4,13,15H2,1-3H3,(H,25,28). The third-order valence-corrected chi connectivity index (χ3v) is 4.85. The monoisotopic (exact) mass is 375 g/mol. The van der Waals surface area contributed by atoms with Crippen LogP contribution in [0.5, 0.6) is 0 Å². The van der Waals surface area contributed by atoms with Gasteiger partial charge in [0.15, 0.2) is 0 Å². The number of rotatable bonds is 6. The predicted octanol–water partition coefficient (Wildman–Crippen LogP) is 4.49. The molecule has 1 aromatic heterocycles. The molecule has 0 fully saturated rings. The molecule has 1 heterocycles. The van der Waals surface area contributed by atoms with E-state index in [2.05, 4.69) is 17.2 Å². The van der Waals surface area contributed by atoms with Crippen LogP contribution in [-0.2, 0) is 16.0 Å². The zero-order valence-electron chi connectivity index (χ0n) is 16.5. The van der Waals surface area contributed by atoms with Crippen molar-refractivity contribution in [2.24, 2.45) is 0 Å². The van der Waals surface area contributed by atoms with Gasteiger partial charge in [0.2, 0.25) is 11.8 Å². The van der Waals surface area contributed by atoms with Crippen molar-refractivity contribution >= 4 is 34.1 Å². The first-order valence-electron chi connectivity index (χ1n) is 9.51. The summed E-state index contributed by atoms with van der Waals surface area (Å²) in [5.41, 5.74) is 4.50. The Morgan fingerprint density at radius 3 is 2.57 bits per heavy atom. The van der Waals surface area contributed by atoms with E-state index >= 15 is 0 Å². The summed E-state index contributed by atoms with van der Waals surface area (Å²) in [6.45, 7) is 5.86. The van der Waals surface area contributed by atoms with Crippen molar-refractivity contribution < 1.29 is 9.59 Å². The minimum Gasteiger partial charge on any atom is -0.326 e. The second kappa shape index (κ2) is 8.65. The van der Waals surface area contributed by atoms with E-state index in [-0.39, 0.29) is 18.2 Å². The molecule has 0 aliphatic rings. The Hall–Kier alpha value is -3.21. The maximum atomic E-state index is 12.6. The van der Waals surface area contributed by atoms with Gasteiger partial charge in [0.1, 0.15) is 0 Å². The number of carbonyl (C=O) groups excluding carboxylic acids is 2. The van der Waals surface area contributed by atoms with Crippen LogP contribution < -0.4 is 10.2 Å². The minimum atomic E-state index is -0.115. The summed E-state index contributed by atoms with van der Waals surface area (Å²) >= 11 is 0. The number of pyridine rings is 1. The summed E-state index contributed by atoms with van der Waals surface area (Å²) < 4.78 is 0. The van der Waals surface area contributed by atoms with Crippen LogP contribution in [0.1, 0.15) is 31.4 Å². The zero-order valence-corrected chi connectivity index (χ0v) is 16.5. The second-order valence-corrected chi connectivity index (χ2v) is 6.78. The molecule has 1 N–H and O–H groups in total. The van der Waals surface area contributed by atoms with Gasteiger partial charge in [-0.15, -0.1) is 0 Å². The van der Waals surface area contributed by atoms with E-state index in [1.54, 1.807) is 11.1 Å². The molecule has 5 nitrogen and oxygen atoms in total. The van der Waals surface area contributed by atoms with Crippen LogP contribution in [0.2, 0.25) is 0 Å². The number of para-hydroxylation sites is 2. The first kappa shape index (κ1) is 19.5. The van der Waals surface area contributed by atoms with Gasteiger partial charge in [-0.1, -0.05) is 43.3 Å². The van der Waals surface area contributed by atoms with Gasteiger partial charge in [0.05, 0.1) is 11.2 Å². The minimum absolute atomic E-state index is 0.108. The van der Waals surface area contributed by atoms with E-state index < -0.39 is 0 Å². The number of benzene rings is 2. The largest absolute Gasteiger partial charge is 0.326 e. The predicted molar refractivity (Wildman–Crippen MR) is 114 cm³/mol. The van der Waals surface area contributed by atoms with Gasteiger partial charge in [-0.2, -0.15) is 0 Å². The fourth-order valence-corrected chi connectivity index (χ4v) is 3.37. The number of aromatic nitrogens is 1. The smallest absolute Gasteiger partial charge is 0.226 e. The van der Waals surface area contributed by atoms with Crippen LogP contribution in [0, 0.1) is 6.92 Å². The van der Waals surface area contributed by atoms with Crippen molar-refractivity contribution in [2.75, 3.05) is 16.8 Å². The Morgan fingerprint density at radius 1 is 1.07 bits per heavy atom. The van der Waals surface area contributed by atoms with Gasteiger partial charge in [-0.05, 0) is 36.6 Å². The molecule has 3 rings (SSSR count). The molecule has 0 spiro atoms. The number of nitrogens with one attached hydrogen (secondary N) is 1. The van der Waals surface area contributed by atoms with E-state index in [9.17, 15) is 9.59 Å². The van der Waals surface area contributed by atoms with Crippen LogP contribution in [-0.4, -0.2) is 23.3 Å². The molecular formula is C23H25N3O2. The lowest BCUT2D eigenvalue weighted by Crippen LogP contribution is -2.32. The molecule has 0 aliphatic heterocycles. The Morgan fingerprint density at radius 2 is 1.82 bits per heavy atom. The topological polar surface area (TPSA) is 62.3 Å². The Bertz CT molecular complexity index is 1010. The molecule has 0 aliphatic carbocycles. The number of anilines is 2. The molecule has 28 heavy (non-hydrogen) atoms. The van der Waals surface area contributed by atoms with Gasteiger partial charge in [-0.3, -0.25) is 14.6 Å². The highest BCUT2D eigenvalue weighted by molar-refractivity contribution is 6.02. The molecule has 0 radical (unpaired) electrons. The molecule has 0 bridgehead atoms. The number of aryl methyl sites for hydroxylation is 2. The molecule has 0 unspecified atom stereocenters. The van der Waals surface area contributed by atoms with Crippen LogP contribution in [0.25, 0.3) is 10.9 Å². The third-order valence-electron chi connectivity index (χ3n) is 4.85. The van der Waals surface area contributed by atoms with E-state index in [4.69, 9.17) is 0 Å². The molecule has 0 atom stereocenters. The number of nitrogens with zero attached hydrogens (tertiary/aromatic N) is 2. The molecule has 2 aromatic carbocycles. The maximum Gasteiger partial charge on any atom is 0.226 e. The lowest BCUT2D eigenvalue weighted by molar-refractivity contribution is -0.117. The molecular weight excluding hydrogens is 350 g/mol. The van der Waals surface area contributed by atoms with Gasteiger partial charge < -0.3 is 10.2 Å². The van der Waals surface area contributed by atoms with Crippen molar-refractivity contribution in [3.63, 3.8) is 0 Å². The summed E-state index contributed by atoms with van der Waals surface area (Å²) in [5, 5.41) is 3.98. The average molecular weight is 375 g/mol. The first-order chi connectivity index (χ1) is 13.5. The van der Waals surface area contributed by atoms with Gasteiger partial charge >= 0.3 is 0 Å². The SMILES string of the molecule is CCc1cccc(C)c1NC(=O)CCN(C(C)=O)c1cccc2cccnc12. The van der Waals surface area contributed by atoms with Crippen molar-refractivity contribution in [3.05, 3.63) is 65.9 Å². The Labute approximate surface area is 165 Å². The molecule has 144 valence electrons. The summed E-state index contributed by atoms with van der Waals surface area (Å²) in [6, 6.07) is 15.6. The normalized spacial score (nSPS) is 10.7. The molecule has 3 aromatic rings. The second-order valence-electron chi connectivity index (χ2n) is 6.78. The number of hydrogen-bond donors (Lipinski definition) is 1. The number of amides is 2.